The number of rotatable bonds is 10. The summed E-state index contributed by atoms with van der Waals surface area (Å²) >= 11 is 1.53. The molecule has 5 aromatic carbocycles. The molecular formula is C41H35N5O5S. The van der Waals surface area contributed by atoms with E-state index in [0.29, 0.717) is 22.0 Å². The number of thioether (sulfide) groups is 1. The third kappa shape index (κ3) is 6.67. The van der Waals surface area contributed by atoms with Crippen molar-refractivity contribution in [2.45, 2.75) is 43.7 Å². The van der Waals surface area contributed by atoms with Crippen molar-refractivity contribution >= 4 is 23.6 Å². The van der Waals surface area contributed by atoms with Crippen LogP contribution >= 0.6 is 11.8 Å². The molecule has 11 heteroatoms. The molecule has 260 valence electrons. The van der Waals surface area contributed by atoms with Crippen LogP contribution in [0.25, 0.3) is 16.8 Å². The number of hydrogen-bond acceptors (Lipinski definition) is 9. The first-order valence-corrected chi connectivity index (χ1v) is 18.1. The summed E-state index contributed by atoms with van der Waals surface area (Å²) < 4.78 is 15.2. The molecule has 52 heavy (non-hydrogen) atoms. The van der Waals surface area contributed by atoms with Crippen LogP contribution in [0.2, 0.25) is 0 Å². The molecule has 1 N–H and O–H groups in total. The van der Waals surface area contributed by atoms with Gasteiger partial charge in [0.25, 0.3) is 11.8 Å². The van der Waals surface area contributed by atoms with Crippen molar-refractivity contribution in [3.63, 3.8) is 0 Å². The lowest BCUT2D eigenvalue weighted by molar-refractivity contribution is -0.268. The molecule has 2 aliphatic rings. The normalized spacial score (nSPS) is 19.9. The van der Waals surface area contributed by atoms with Crippen molar-refractivity contribution in [1.82, 2.24) is 25.1 Å². The van der Waals surface area contributed by atoms with Gasteiger partial charge in [-0.05, 0) is 74.6 Å². The molecule has 1 aromatic heterocycles. The molecular weight excluding hydrogens is 675 g/mol. The molecule has 0 radical (unpaired) electrons. The minimum Gasteiger partial charge on any atom is -0.392 e. The number of benzene rings is 5. The highest BCUT2D eigenvalue weighted by atomic mass is 32.2. The molecule has 0 bridgehead atoms. The Morgan fingerprint density at radius 1 is 0.731 bits per heavy atom. The first-order chi connectivity index (χ1) is 25.5. The van der Waals surface area contributed by atoms with Gasteiger partial charge in [0, 0.05) is 17.2 Å². The number of carbonyl (C=O) groups excluding carboxylic acids is 2. The molecule has 2 amide bonds. The zero-order valence-electron chi connectivity index (χ0n) is 28.3. The molecule has 0 aliphatic carbocycles. The quantitative estimate of drug-likeness (QED) is 0.116. The van der Waals surface area contributed by atoms with E-state index in [0.717, 1.165) is 39.1 Å². The fraction of sp³-hybridized carbons (Fsp3) is 0.195. The summed E-state index contributed by atoms with van der Waals surface area (Å²) in [5, 5.41) is 22.8. The van der Waals surface area contributed by atoms with Crippen molar-refractivity contribution in [2.75, 3.05) is 5.75 Å². The van der Waals surface area contributed by atoms with E-state index >= 15 is 0 Å². The molecule has 10 nitrogen and oxygen atoms in total. The number of aliphatic hydroxyl groups excluding tert-OH is 1. The first kappa shape index (κ1) is 33.7. The van der Waals surface area contributed by atoms with Gasteiger partial charge < -0.3 is 14.6 Å². The van der Waals surface area contributed by atoms with Crippen LogP contribution in [0.1, 0.15) is 62.3 Å². The summed E-state index contributed by atoms with van der Waals surface area (Å²) in [7, 11) is 0. The number of hydrogen-bond donors (Lipinski definition) is 1. The van der Waals surface area contributed by atoms with Crippen LogP contribution < -0.4 is 0 Å². The average Bonchev–Trinajstić information content (AvgIpc) is 3.77. The predicted molar refractivity (Wildman–Crippen MR) is 195 cm³/mol. The highest BCUT2D eigenvalue weighted by Gasteiger charge is 2.39. The van der Waals surface area contributed by atoms with Crippen molar-refractivity contribution < 1.29 is 24.2 Å². The fourth-order valence-corrected chi connectivity index (χ4v) is 7.80. The lowest BCUT2D eigenvalue weighted by atomic mass is 9.91. The van der Waals surface area contributed by atoms with E-state index in [9.17, 15) is 14.7 Å². The van der Waals surface area contributed by atoms with Gasteiger partial charge in [-0.15, -0.1) is 5.10 Å². The smallest absolute Gasteiger partial charge is 0.261 e. The van der Waals surface area contributed by atoms with Crippen LogP contribution in [0.3, 0.4) is 0 Å². The van der Waals surface area contributed by atoms with E-state index in [-0.39, 0.29) is 43.1 Å². The van der Waals surface area contributed by atoms with E-state index in [1.165, 1.54) is 16.7 Å². The Bertz CT molecular complexity index is 2190. The van der Waals surface area contributed by atoms with E-state index < -0.39 is 6.29 Å². The Morgan fingerprint density at radius 2 is 1.42 bits per heavy atom. The van der Waals surface area contributed by atoms with Gasteiger partial charge in [-0.2, -0.15) is 4.68 Å². The minimum atomic E-state index is -0.670. The zero-order chi connectivity index (χ0) is 35.6. The summed E-state index contributed by atoms with van der Waals surface area (Å²) in [6, 6.07) is 40.5. The molecule has 1 fully saturated rings. The first-order valence-electron chi connectivity index (χ1n) is 17.1. The monoisotopic (exact) mass is 709 g/mol. The molecule has 0 saturated carbocycles. The highest BCUT2D eigenvalue weighted by molar-refractivity contribution is 7.99. The lowest BCUT2D eigenvalue weighted by Gasteiger charge is -2.41. The number of amides is 2. The van der Waals surface area contributed by atoms with Gasteiger partial charge in [0.1, 0.15) is 0 Å². The van der Waals surface area contributed by atoms with Gasteiger partial charge in [0.15, 0.2) is 6.29 Å². The van der Waals surface area contributed by atoms with Gasteiger partial charge in [-0.3, -0.25) is 14.5 Å². The van der Waals surface area contributed by atoms with Crippen LogP contribution in [0.4, 0.5) is 0 Å². The lowest BCUT2D eigenvalue weighted by Crippen LogP contribution is -2.38. The summed E-state index contributed by atoms with van der Waals surface area (Å²) in [5.74, 6) is 0.00282. The minimum absolute atomic E-state index is 0.0215. The van der Waals surface area contributed by atoms with Crippen LogP contribution in [0.15, 0.2) is 133 Å². The maximum absolute atomic E-state index is 13.0. The highest BCUT2D eigenvalue weighted by Crippen LogP contribution is 2.43. The summed E-state index contributed by atoms with van der Waals surface area (Å²) in [4.78, 5) is 27.4. The number of aromatic nitrogens is 4. The van der Waals surface area contributed by atoms with Gasteiger partial charge >= 0.3 is 0 Å². The molecule has 6 aromatic rings. The Morgan fingerprint density at radius 3 is 2.15 bits per heavy atom. The predicted octanol–water partition coefficient (Wildman–Crippen LogP) is 7.20. The van der Waals surface area contributed by atoms with Crippen molar-refractivity contribution in [3.8, 4) is 16.8 Å². The fourth-order valence-electron chi connectivity index (χ4n) is 6.75. The molecule has 4 atom stereocenters. The molecule has 0 unspecified atom stereocenters. The third-order valence-corrected chi connectivity index (χ3v) is 10.6. The largest absolute Gasteiger partial charge is 0.392 e. The molecule has 3 heterocycles. The van der Waals surface area contributed by atoms with Gasteiger partial charge in [-0.1, -0.05) is 110 Å². The summed E-state index contributed by atoms with van der Waals surface area (Å²) in [6.07, 6.45) is -1.18. The van der Waals surface area contributed by atoms with Crippen LogP contribution in [-0.4, -0.2) is 53.9 Å². The topological polar surface area (TPSA) is 120 Å². The van der Waals surface area contributed by atoms with E-state index in [1.54, 1.807) is 28.9 Å². The molecule has 1 saturated heterocycles. The van der Waals surface area contributed by atoms with Gasteiger partial charge in [0.05, 0.1) is 42.2 Å². The second-order valence-corrected chi connectivity index (χ2v) is 13.9. The van der Waals surface area contributed by atoms with Crippen LogP contribution in [0, 0.1) is 5.92 Å². The number of ether oxygens (including phenoxy) is 2. The zero-order valence-corrected chi connectivity index (χ0v) is 29.1. The van der Waals surface area contributed by atoms with Crippen LogP contribution in [0.5, 0.6) is 0 Å². The molecule has 2 aliphatic heterocycles. The Balaban J connectivity index is 1.05. The number of para-hydroxylation sites is 1. The SMILES string of the molecule is C[C@H]1[C@@H](CSc2nnnn2-c2ccccc2)O[C@@H](c2cccc(-c3cccc(CN4C(=O)c5ccccc5C4=O)c3)c2)O[C@H]1c1ccc(CO)cc1. The number of imide groups is 1. The number of tetrazole rings is 1. The summed E-state index contributed by atoms with van der Waals surface area (Å²) in [5.41, 5.74) is 7.17. The van der Waals surface area contributed by atoms with Crippen molar-refractivity contribution in [2.24, 2.45) is 5.92 Å². The Labute approximate surface area is 305 Å². The number of fused-ring (bicyclic) bond motifs is 1. The summed E-state index contributed by atoms with van der Waals surface area (Å²) in [6.45, 7) is 2.27. The van der Waals surface area contributed by atoms with Crippen molar-refractivity contribution in [3.05, 3.63) is 161 Å². The standard InChI is InChI=1S/C41H35N5O5S/c1-26-36(25-52-41-42-43-44-46(41)33-13-3-2-4-14-33)50-40(51-37(26)29-19-17-27(24-47)18-20-29)32-12-8-11-31(22-32)30-10-7-9-28(21-30)23-45-38(48)34-15-5-6-16-35(34)39(45)49/h2-22,26,36-37,40,47H,23-25H2,1H3/t26-,36+,37+,40+/m0/s1. The Kier molecular flexibility index (Phi) is 9.48. The third-order valence-electron chi connectivity index (χ3n) is 9.58. The van der Waals surface area contributed by atoms with Gasteiger partial charge in [-0.25, -0.2) is 0 Å². The number of carbonyl (C=O) groups is 2. The maximum Gasteiger partial charge on any atom is 0.261 e. The van der Waals surface area contributed by atoms with Gasteiger partial charge in [0.2, 0.25) is 5.16 Å². The molecule has 8 rings (SSSR count). The molecule has 0 spiro atoms. The maximum atomic E-state index is 13.0. The Hall–Kier alpha value is -5.46. The van der Waals surface area contributed by atoms with E-state index in [2.05, 4.69) is 28.5 Å². The average molecular weight is 710 g/mol. The van der Waals surface area contributed by atoms with E-state index in [4.69, 9.17) is 9.47 Å². The van der Waals surface area contributed by atoms with Crippen LogP contribution in [-0.2, 0) is 22.6 Å². The van der Waals surface area contributed by atoms with Crippen molar-refractivity contribution in [1.29, 1.82) is 0 Å². The number of nitrogens with zero attached hydrogens (tertiary/aromatic N) is 5. The second kappa shape index (κ2) is 14.6. The second-order valence-electron chi connectivity index (χ2n) is 12.9. The van der Waals surface area contributed by atoms with E-state index in [1.807, 2.05) is 97.1 Å². The number of aliphatic hydroxyl groups is 1.